The third-order valence-corrected chi connectivity index (χ3v) is 5.00. The van der Waals surface area contributed by atoms with Crippen molar-refractivity contribution in [2.75, 3.05) is 32.8 Å². The fraction of sp³-hybridized carbons (Fsp3) is 0.588. The maximum Gasteiger partial charge on any atom is 0.224 e. The van der Waals surface area contributed by atoms with E-state index in [0.29, 0.717) is 13.1 Å². The lowest BCUT2D eigenvalue weighted by molar-refractivity contribution is -0.126. The second-order valence-corrected chi connectivity index (χ2v) is 7.22. The zero-order valence-corrected chi connectivity index (χ0v) is 16.1. The van der Waals surface area contributed by atoms with Crippen molar-refractivity contribution in [2.24, 2.45) is 11.7 Å². The van der Waals surface area contributed by atoms with Gasteiger partial charge >= 0.3 is 0 Å². The maximum absolute atomic E-state index is 12.2. The monoisotopic (exact) mass is 417 g/mol. The first kappa shape index (κ1) is 19.5. The van der Waals surface area contributed by atoms with Gasteiger partial charge in [-0.15, -0.1) is 12.4 Å². The molecule has 2 heterocycles. The van der Waals surface area contributed by atoms with Crippen LogP contribution in [0.3, 0.4) is 0 Å². The predicted octanol–water partition coefficient (Wildman–Crippen LogP) is 2.09. The minimum atomic E-state index is 0. The Balaban J connectivity index is 0.00000208. The Morgan fingerprint density at radius 1 is 1.46 bits per heavy atom. The Labute approximate surface area is 157 Å². The molecule has 24 heavy (non-hydrogen) atoms. The Kier molecular flexibility index (Phi) is 7.34. The first-order valence-corrected chi connectivity index (χ1v) is 9.11. The van der Waals surface area contributed by atoms with Crippen LogP contribution in [0.1, 0.15) is 24.0 Å². The molecule has 2 aliphatic heterocycles. The second kappa shape index (κ2) is 9.04. The van der Waals surface area contributed by atoms with Crippen LogP contribution in [0, 0.1) is 5.92 Å². The van der Waals surface area contributed by atoms with Crippen LogP contribution in [-0.4, -0.2) is 43.6 Å². The van der Waals surface area contributed by atoms with Gasteiger partial charge in [-0.3, -0.25) is 9.69 Å². The molecule has 1 atom stereocenters. The third kappa shape index (κ3) is 4.63. The van der Waals surface area contributed by atoms with Crippen molar-refractivity contribution >= 4 is 34.2 Å². The molecule has 2 aliphatic rings. The Hall–Kier alpha value is -0.820. The molecular weight excluding hydrogens is 394 g/mol. The summed E-state index contributed by atoms with van der Waals surface area (Å²) >= 11 is 3.59. The van der Waals surface area contributed by atoms with E-state index in [4.69, 9.17) is 10.5 Å². The number of likely N-dealkylation sites (tertiary alicyclic amines) is 1. The summed E-state index contributed by atoms with van der Waals surface area (Å²) in [5, 5.41) is 2.91. The van der Waals surface area contributed by atoms with Crippen molar-refractivity contribution in [3.8, 4) is 5.75 Å². The number of ether oxygens (including phenoxy) is 1. The van der Waals surface area contributed by atoms with Gasteiger partial charge in [0.1, 0.15) is 5.75 Å². The maximum atomic E-state index is 12.2. The number of rotatable bonds is 5. The normalized spacial score (nSPS) is 20.0. The highest BCUT2D eigenvalue weighted by Gasteiger charge is 2.27. The SMILES string of the molecule is Cl.NCCNC(=O)C1CCCN(Cc2cc(Br)cc3c2OCC3)C1. The van der Waals surface area contributed by atoms with Gasteiger partial charge in [0, 0.05) is 42.6 Å². The summed E-state index contributed by atoms with van der Waals surface area (Å²) in [7, 11) is 0. The van der Waals surface area contributed by atoms with Crippen molar-refractivity contribution in [2.45, 2.75) is 25.8 Å². The van der Waals surface area contributed by atoms with Gasteiger partial charge in [0.25, 0.3) is 0 Å². The topological polar surface area (TPSA) is 67.6 Å². The van der Waals surface area contributed by atoms with E-state index in [1.165, 1.54) is 11.1 Å². The van der Waals surface area contributed by atoms with Crippen molar-refractivity contribution in [1.82, 2.24) is 10.2 Å². The number of nitrogens with zero attached hydrogens (tertiary/aromatic N) is 1. The quantitative estimate of drug-likeness (QED) is 0.768. The van der Waals surface area contributed by atoms with Gasteiger partial charge in [-0.1, -0.05) is 15.9 Å². The summed E-state index contributed by atoms with van der Waals surface area (Å²) < 4.78 is 6.92. The van der Waals surface area contributed by atoms with E-state index in [1.54, 1.807) is 0 Å². The second-order valence-electron chi connectivity index (χ2n) is 6.31. The summed E-state index contributed by atoms with van der Waals surface area (Å²) in [6.07, 6.45) is 2.99. The van der Waals surface area contributed by atoms with Gasteiger partial charge in [0.15, 0.2) is 0 Å². The number of fused-ring (bicyclic) bond motifs is 1. The number of nitrogens with two attached hydrogens (primary N) is 1. The molecule has 0 bridgehead atoms. The molecular formula is C17H25BrClN3O2. The molecule has 0 saturated carbocycles. The summed E-state index contributed by atoms with van der Waals surface area (Å²) in [5.74, 6) is 1.25. The predicted molar refractivity (Wildman–Crippen MR) is 101 cm³/mol. The standard InChI is InChI=1S/C17H24BrN3O2.ClH/c18-15-8-12-3-7-23-16(12)14(9-15)11-21-6-1-2-13(10-21)17(22)20-5-4-19;/h8-9,13H,1-7,10-11,19H2,(H,20,22);1H. The number of hydrogen-bond donors (Lipinski definition) is 2. The van der Waals surface area contributed by atoms with Crippen LogP contribution in [0.5, 0.6) is 5.75 Å². The largest absolute Gasteiger partial charge is 0.493 e. The van der Waals surface area contributed by atoms with Gasteiger partial charge in [0.2, 0.25) is 5.91 Å². The van der Waals surface area contributed by atoms with Crippen molar-refractivity contribution in [1.29, 1.82) is 0 Å². The van der Waals surface area contributed by atoms with Crippen LogP contribution in [0.15, 0.2) is 16.6 Å². The zero-order valence-electron chi connectivity index (χ0n) is 13.7. The smallest absolute Gasteiger partial charge is 0.224 e. The average Bonchev–Trinajstić information content (AvgIpc) is 3.01. The van der Waals surface area contributed by atoms with E-state index in [-0.39, 0.29) is 24.2 Å². The lowest BCUT2D eigenvalue weighted by Crippen LogP contribution is -2.43. The number of halogens is 2. The molecule has 1 aromatic rings. The van der Waals surface area contributed by atoms with Crippen LogP contribution in [-0.2, 0) is 17.8 Å². The first-order valence-electron chi connectivity index (χ1n) is 8.31. The Morgan fingerprint density at radius 2 is 2.29 bits per heavy atom. The highest BCUT2D eigenvalue weighted by Crippen LogP contribution is 2.34. The van der Waals surface area contributed by atoms with E-state index in [2.05, 4.69) is 38.3 Å². The minimum absolute atomic E-state index is 0. The highest BCUT2D eigenvalue weighted by atomic mass is 79.9. The lowest BCUT2D eigenvalue weighted by Gasteiger charge is -2.32. The van der Waals surface area contributed by atoms with E-state index < -0.39 is 0 Å². The van der Waals surface area contributed by atoms with E-state index in [1.807, 2.05) is 0 Å². The average molecular weight is 419 g/mol. The number of amides is 1. The molecule has 1 amide bonds. The molecule has 1 unspecified atom stereocenters. The Bertz CT molecular complexity index is 585. The molecule has 0 spiro atoms. The number of hydrogen-bond acceptors (Lipinski definition) is 4. The summed E-state index contributed by atoms with van der Waals surface area (Å²) in [4.78, 5) is 14.5. The molecule has 0 aromatic heterocycles. The fourth-order valence-corrected chi connectivity index (χ4v) is 4.01. The fourth-order valence-electron chi connectivity index (χ4n) is 3.46. The first-order chi connectivity index (χ1) is 11.2. The number of carbonyl (C=O) groups excluding carboxylic acids is 1. The molecule has 3 rings (SSSR count). The number of piperidine rings is 1. The minimum Gasteiger partial charge on any atom is -0.493 e. The van der Waals surface area contributed by atoms with E-state index >= 15 is 0 Å². The van der Waals surface area contributed by atoms with Crippen LogP contribution >= 0.6 is 28.3 Å². The third-order valence-electron chi connectivity index (χ3n) is 4.54. The highest BCUT2D eigenvalue weighted by molar-refractivity contribution is 9.10. The van der Waals surface area contributed by atoms with E-state index in [0.717, 1.165) is 55.7 Å². The van der Waals surface area contributed by atoms with Gasteiger partial charge in [-0.25, -0.2) is 0 Å². The van der Waals surface area contributed by atoms with Gasteiger partial charge < -0.3 is 15.8 Å². The molecule has 7 heteroatoms. The molecule has 1 saturated heterocycles. The van der Waals surface area contributed by atoms with Gasteiger partial charge in [0.05, 0.1) is 12.5 Å². The molecule has 0 aliphatic carbocycles. The van der Waals surface area contributed by atoms with Crippen LogP contribution in [0.4, 0.5) is 0 Å². The molecule has 1 aromatic carbocycles. The van der Waals surface area contributed by atoms with E-state index in [9.17, 15) is 4.79 Å². The van der Waals surface area contributed by atoms with Crippen molar-refractivity contribution in [3.05, 3.63) is 27.7 Å². The summed E-state index contributed by atoms with van der Waals surface area (Å²) in [6, 6.07) is 4.29. The number of benzene rings is 1. The van der Waals surface area contributed by atoms with Gasteiger partial charge in [-0.05, 0) is 37.1 Å². The Morgan fingerprint density at radius 3 is 3.08 bits per heavy atom. The number of carbonyl (C=O) groups is 1. The van der Waals surface area contributed by atoms with Crippen molar-refractivity contribution < 1.29 is 9.53 Å². The van der Waals surface area contributed by atoms with Crippen LogP contribution < -0.4 is 15.8 Å². The molecule has 134 valence electrons. The molecule has 5 nitrogen and oxygen atoms in total. The van der Waals surface area contributed by atoms with Crippen molar-refractivity contribution in [3.63, 3.8) is 0 Å². The molecule has 1 fully saturated rings. The number of nitrogens with one attached hydrogen (secondary N) is 1. The molecule has 0 radical (unpaired) electrons. The van der Waals surface area contributed by atoms with Crippen LogP contribution in [0.25, 0.3) is 0 Å². The summed E-state index contributed by atoms with van der Waals surface area (Å²) in [6.45, 7) is 4.48. The molecule has 3 N–H and O–H groups in total. The zero-order chi connectivity index (χ0) is 16.2. The van der Waals surface area contributed by atoms with Gasteiger partial charge in [-0.2, -0.15) is 0 Å². The summed E-state index contributed by atoms with van der Waals surface area (Å²) in [5.41, 5.74) is 7.96. The van der Waals surface area contributed by atoms with Crippen LogP contribution in [0.2, 0.25) is 0 Å². The lowest BCUT2D eigenvalue weighted by atomic mass is 9.96.